The number of rotatable bonds is 5. The molecular formula is C9H17NO4S2. The molecule has 1 atom stereocenters. The number of aliphatic carboxylic acids is 1. The van der Waals surface area contributed by atoms with Crippen molar-refractivity contribution in [1.82, 2.24) is 4.90 Å². The number of carboxylic acids is 1. The monoisotopic (exact) mass is 267 g/mol. The Balaban J connectivity index is 2.64. The third-order valence-electron chi connectivity index (χ3n) is 2.65. The number of thioether (sulfide) groups is 1. The first kappa shape index (κ1) is 13.8. The summed E-state index contributed by atoms with van der Waals surface area (Å²) in [6, 6.07) is -0.358. The average Bonchev–Trinajstić information content (AvgIpc) is 2.14. The summed E-state index contributed by atoms with van der Waals surface area (Å²) in [7, 11) is -3.05. The normalized spacial score (nSPS) is 25.4. The maximum Gasteiger partial charge on any atom is 0.304 e. The topological polar surface area (TPSA) is 74.7 Å². The van der Waals surface area contributed by atoms with E-state index in [-0.39, 0.29) is 24.0 Å². The van der Waals surface area contributed by atoms with Crippen LogP contribution in [0.15, 0.2) is 0 Å². The van der Waals surface area contributed by atoms with E-state index in [9.17, 15) is 13.2 Å². The molecule has 1 fully saturated rings. The second-order valence-electron chi connectivity index (χ2n) is 3.89. The number of carboxylic acid groups (broad SMARTS) is 1. The summed E-state index contributed by atoms with van der Waals surface area (Å²) in [6.07, 6.45) is 1.89. The minimum atomic E-state index is -3.05. The van der Waals surface area contributed by atoms with Crippen molar-refractivity contribution in [3.63, 3.8) is 0 Å². The minimum Gasteiger partial charge on any atom is -0.481 e. The minimum absolute atomic E-state index is 0.0202. The van der Waals surface area contributed by atoms with Crippen LogP contribution in [0.3, 0.4) is 0 Å². The lowest BCUT2D eigenvalue weighted by Crippen LogP contribution is -2.50. The molecule has 1 aliphatic rings. The van der Waals surface area contributed by atoms with E-state index in [1.807, 2.05) is 11.2 Å². The third-order valence-corrected chi connectivity index (χ3v) is 4.93. The lowest BCUT2D eigenvalue weighted by molar-refractivity contribution is -0.138. The molecule has 0 bridgehead atoms. The van der Waals surface area contributed by atoms with Gasteiger partial charge in [-0.3, -0.25) is 9.69 Å². The van der Waals surface area contributed by atoms with Gasteiger partial charge in [-0.15, -0.1) is 0 Å². The van der Waals surface area contributed by atoms with Crippen molar-refractivity contribution < 1.29 is 18.3 Å². The van der Waals surface area contributed by atoms with Crippen molar-refractivity contribution in [3.05, 3.63) is 0 Å². The van der Waals surface area contributed by atoms with E-state index in [1.54, 1.807) is 11.8 Å². The maximum atomic E-state index is 11.4. The smallest absolute Gasteiger partial charge is 0.304 e. The fourth-order valence-electron chi connectivity index (χ4n) is 1.81. The molecule has 1 N–H and O–H groups in total. The van der Waals surface area contributed by atoms with Crippen LogP contribution in [-0.2, 0) is 14.6 Å². The van der Waals surface area contributed by atoms with E-state index < -0.39 is 15.8 Å². The SMILES string of the molecule is CSCCN1CCS(=O)(=O)CC1CC(=O)O. The van der Waals surface area contributed by atoms with Crippen molar-refractivity contribution in [2.24, 2.45) is 0 Å². The van der Waals surface area contributed by atoms with Crippen molar-refractivity contribution in [2.75, 3.05) is 36.6 Å². The Morgan fingerprint density at radius 3 is 2.81 bits per heavy atom. The predicted octanol–water partition coefficient (Wildman–Crippen LogP) is -0.0769. The number of sulfone groups is 1. The lowest BCUT2D eigenvalue weighted by Gasteiger charge is -2.34. The standard InChI is InChI=1S/C9H17NO4S2/c1-15-4-2-10-3-5-16(13,14)7-8(10)6-9(11)12/h8H,2-7H2,1H3,(H,11,12). The molecule has 16 heavy (non-hydrogen) atoms. The Kier molecular flexibility index (Phi) is 5.07. The van der Waals surface area contributed by atoms with E-state index >= 15 is 0 Å². The summed E-state index contributed by atoms with van der Waals surface area (Å²) in [5, 5.41) is 8.75. The van der Waals surface area contributed by atoms with Crippen LogP contribution in [0.2, 0.25) is 0 Å². The van der Waals surface area contributed by atoms with Crippen LogP contribution in [0.1, 0.15) is 6.42 Å². The van der Waals surface area contributed by atoms with Gasteiger partial charge in [-0.2, -0.15) is 11.8 Å². The molecule has 0 aromatic rings. The molecule has 0 amide bonds. The molecule has 0 radical (unpaired) electrons. The summed E-state index contributed by atoms with van der Waals surface area (Å²) >= 11 is 1.68. The largest absolute Gasteiger partial charge is 0.481 e. The van der Waals surface area contributed by atoms with Gasteiger partial charge in [-0.1, -0.05) is 0 Å². The molecule has 0 aromatic heterocycles. The Morgan fingerprint density at radius 2 is 2.25 bits per heavy atom. The number of hydrogen-bond donors (Lipinski definition) is 1. The van der Waals surface area contributed by atoms with Gasteiger partial charge in [0, 0.05) is 24.9 Å². The molecule has 7 heteroatoms. The van der Waals surface area contributed by atoms with Crippen LogP contribution in [0.5, 0.6) is 0 Å². The van der Waals surface area contributed by atoms with Crippen molar-refractivity contribution >= 4 is 27.6 Å². The van der Waals surface area contributed by atoms with E-state index in [0.29, 0.717) is 6.54 Å². The zero-order valence-corrected chi connectivity index (χ0v) is 10.9. The van der Waals surface area contributed by atoms with Crippen molar-refractivity contribution in [2.45, 2.75) is 12.5 Å². The Bertz CT molecular complexity index is 341. The van der Waals surface area contributed by atoms with Gasteiger partial charge in [-0.05, 0) is 6.26 Å². The van der Waals surface area contributed by atoms with Gasteiger partial charge in [-0.25, -0.2) is 8.42 Å². The zero-order valence-electron chi connectivity index (χ0n) is 9.26. The van der Waals surface area contributed by atoms with Gasteiger partial charge in [0.15, 0.2) is 9.84 Å². The first-order chi connectivity index (χ1) is 7.44. The second-order valence-corrected chi connectivity index (χ2v) is 7.11. The molecule has 1 unspecified atom stereocenters. The molecule has 1 rings (SSSR count). The summed E-state index contributed by atoms with van der Waals surface area (Å²) in [4.78, 5) is 12.6. The van der Waals surface area contributed by atoms with Crippen LogP contribution in [0, 0.1) is 0 Å². The highest BCUT2D eigenvalue weighted by Gasteiger charge is 2.32. The van der Waals surface area contributed by atoms with Crippen LogP contribution in [-0.4, -0.2) is 67.0 Å². The number of nitrogens with zero attached hydrogens (tertiary/aromatic N) is 1. The van der Waals surface area contributed by atoms with Crippen molar-refractivity contribution in [3.8, 4) is 0 Å². The Hall–Kier alpha value is -0.270. The van der Waals surface area contributed by atoms with E-state index in [1.165, 1.54) is 0 Å². The molecule has 0 spiro atoms. The molecule has 0 aliphatic carbocycles. The molecule has 1 aliphatic heterocycles. The molecular weight excluding hydrogens is 250 g/mol. The number of hydrogen-bond acceptors (Lipinski definition) is 5. The van der Waals surface area contributed by atoms with Gasteiger partial charge in [0.05, 0.1) is 17.9 Å². The lowest BCUT2D eigenvalue weighted by atomic mass is 10.2. The fraction of sp³-hybridized carbons (Fsp3) is 0.889. The molecule has 1 heterocycles. The van der Waals surface area contributed by atoms with Crippen LogP contribution in [0.4, 0.5) is 0 Å². The summed E-state index contributed by atoms with van der Waals surface area (Å²) in [5.74, 6) is 0.0951. The molecule has 94 valence electrons. The summed E-state index contributed by atoms with van der Waals surface area (Å²) in [6.45, 7) is 1.22. The number of carbonyl (C=O) groups is 1. The fourth-order valence-corrected chi connectivity index (χ4v) is 3.82. The van der Waals surface area contributed by atoms with Gasteiger partial charge in [0.1, 0.15) is 0 Å². The van der Waals surface area contributed by atoms with Crippen LogP contribution >= 0.6 is 11.8 Å². The van der Waals surface area contributed by atoms with Gasteiger partial charge in [0.25, 0.3) is 0 Å². The molecule has 5 nitrogen and oxygen atoms in total. The predicted molar refractivity (Wildman–Crippen MR) is 64.6 cm³/mol. The molecule has 0 aromatic carbocycles. The van der Waals surface area contributed by atoms with E-state index in [4.69, 9.17) is 5.11 Å². The summed E-state index contributed by atoms with van der Waals surface area (Å²) < 4.78 is 22.9. The van der Waals surface area contributed by atoms with E-state index in [0.717, 1.165) is 12.3 Å². The van der Waals surface area contributed by atoms with Gasteiger partial charge in [0.2, 0.25) is 0 Å². The second kappa shape index (κ2) is 5.88. The zero-order chi connectivity index (χ0) is 12.2. The molecule has 0 saturated carbocycles. The highest BCUT2D eigenvalue weighted by atomic mass is 32.2. The quantitative estimate of drug-likeness (QED) is 0.751. The first-order valence-corrected chi connectivity index (χ1v) is 8.31. The van der Waals surface area contributed by atoms with Gasteiger partial charge < -0.3 is 5.11 Å². The van der Waals surface area contributed by atoms with Crippen molar-refractivity contribution in [1.29, 1.82) is 0 Å². The maximum absolute atomic E-state index is 11.4. The third kappa shape index (κ3) is 4.31. The van der Waals surface area contributed by atoms with Crippen LogP contribution in [0.25, 0.3) is 0 Å². The molecule has 1 saturated heterocycles. The average molecular weight is 267 g/mol. The summed E-state index contributed by atoms with van der Waals surface area (Å²) in [5.41, 5.74) is 0. The Morgan fingerprint density at radius 1 is 1.56 bits per heavy atom. The highest BCUT2D eigenvalue weighted by Crippen LogP contribution is 2.15. The van der Waals surface area contributed by atoms with E-state index in [2.05, 4.69) is 0 Å². The van der Waals surface area contributed by atoms with Gasteiger partial charge >= 0.3 is 5.97 Å². The first-order valence-electron chi connectivity index (χ1n) is 5.10. The highest BCUT2D eigenvalue weighted by molar-refractivity contribution is 7.98. The Labute approximate surface area is 100 Å². The van der Waals surface area contributed by atoms with Crippen LogP contribution < -0.4 is 0 Å².